The minimum Gasteiger partial charge on any atom is -0.441 e. The second kappa shape index (κ2) is 6.92. The number of hydrogen-bond donors (Lipinski definition) is 0. The van der Waals surface area contributed by atoms with Gasteiger partial charge in [0, 0.05) is 28.4 Å². The number of halogens is 1. The van der Waals surface area contributed by atoms with Gasteiger partial charge in [-0.1, -0.05) is 46.3 Å². The van der Waals surface area contributed by atoms with Crippen LogP contribution in [0.15, 0.2) is 63.5 Å². The van der Waals surface area contributed by atoms with Crippen LogP contribution >= 0.6 is 15.9 Å². The Morgan fingerprint density at radius 1 is 1.09 bits per heavy atom. The van der Waals surface area contributed by atoms with Crippen molar-refractivity contribution in [3.63, 3.8) is 0 Å². The van der Waals surface area contributed by atoms with Crippen LogP contribution in [-0.2, 0) is 6.42 Å². The fraction of sp³-hybridized carbons (Fsp3) is 0.158. The quantitative estimate of drug-likeness (QED) is 0.578. The molecule has 0 spiro atoms. The average Bonchev–Trinajstić information content (AvgIpc) is 2.95. The van der Waals surface area contributed by atoms with E-state index in [-0.39, 0.29) is 5.78 Å². The molecule has 2 aromatic carbocycles. The van der Waals surface area contributed by atoms with Crippen LogP contribution in [0.5, 0.6) is 0 Å². The van der Waals surface area contributed by atoms with Crippen LogP contribution in [0, 0.1) is 6.92 Å². The Hall–Kier alpha value is -2.20. The first-order chi connectivity index (χ1) is 11.1. The number of nitrogens with zero attached hydrogens (tertiary/aromatic N) is 1. The molecule has 0 radical (unpaired) electrons. The number of oxazole rings is 1. The summed E-state index contributed by atoms with van der Waals surface area (Å²) < 4.78 is 6.69. The Bertz CT molecular complexity index is 807. The van der Waals surface area contributed by atoms with Gasteiger partial charge in [-0.3, -0.25) is 4.79 Å². The van der Waals surface area contributed by atoms with Crippen molar-refractivity contribution in [2.24, 2.45) is 0 Å². The third-order valence-corrected chi connectivity index (χ3v) is 4.20. The summed E-state index contributed by atoms with van der Waals surface area (Å²) in [5.41, 5.74) is 2.51. The van der Waals surface area contributed by atoms with Crippen molar-refractivity contribution in [1.82, 2.24) is 4.98 Å². The number of aryl methyl sites for hydroxylation is 2. The van der Waals surface area contributed by atoms with Crippen LogP contribution in [0.1, 0.15) is 28.2 Å². The molecule has 0 saturated heterocycles. The summed E-state index contributed by atoms with van der Waals surface area (Å²) in [6.07, 6.45) is 1.00. The standard InChI is InChI=1S/C19H16BrNO2/c1-13-17(21-19(23-13)15-5-3-2-4-6-15)11-12-18(22)14-7-9-16(20)10-8-14/h2-10H,11-12H2,1H3. The highest BCUT2D eigenvalue weighted by Gasteiger charge is 2.13. The Morgan fingerprint density at radius 2 is 1.78 bits per heavy atom. The zero-order chi connectivity index (χ0) is 16.2. The summed E-state index contributed by atoms with van der Waals surface area (Å²) in [4.78, 5) is 16.8. The number of ketones is 1. The average molecular weight is 370 g/mol. The molecule has 1 heterocycles. The Balaban J connectivity index is 1.70. The minimum atomic E-state index is 0.112. The van der Waals surface area contributed by atoms with Gasteiger partial charge in [-0.2, -0.15) is 0 Å². The molecule has 116 valence electrons. The molecule has 0 fully saturated rings. The van der Waals surface area contributed by atoms with E-state index >= 15 is 0 Å². The molecule has 1 aromatic heterocycles. The van der Waals surface area contributed by atoms with E-state index in [0.717, 1.165) is 27.1 Å². The topological polar surface area (TPSA) is 43.1 Å². The fourth-order valence-electron chi connectivity index (χ4n) is 2.38. The number of carbonyl (C=O) groups excluding carboxylic acids is 1. The van der Waals surface area contributed by atoms with Gasteiger partial charge in [-0.25, -0.2) is 4.98 Å². The van der Waals surface area contributed by atoms with Gasteiger partial charge < -0.3 is 4.42 Å². The van der Waals surface area contributed by atoms with Gasteiger partial charge in [0.2, 0.25) is 5.89 Å². The predicted molar refractivity (Wildman–Crippen MR) is 93.5 cm³/mol. The molecular weight excluding hydrogens is 354 g/mol. The number of aromatic nitrogens is 1. The largest absolute Gasteiger partial charge is 0.441 e. The molecule has 0 aliphatic heterocycles. The third-order valence-electron chi connectivity index (χ3n) is 3.67. The van der Waals surface area contributed by atoms with Crippen molar-refractivity contribution in [2.75, 3.05) is 0 Å². The van der Waals surface area contributed by atoms with Crippen LogP contribution in [-0.4, -0.2) is 10.8 Å². The highest BCUT2D eigenvalue weighted by atomic mass is 79.9. The Labute approximate surface area is 143 Å². The predicted octanol–water partition coefficient (Wildman–Crippen LogP) is 5.23. The molecule has 0 saturated carbocycles. The van der Waals surface area contributed by atoms with Crippen LogP contribution < -0.4 is 0 Å². The number of hydrogen-bond acceptors (Lipinski definition) is 3. The van der Waals surface area contributed by atoms with Crippen molar-refractivity contribution in [2.45, 2.75) is 19.8 Å². The molecule has 23 heavy (non-hydrogen) atoms. The van der Waals surface area contributed by atoms with Gasteiger partial charge in [0.05, 0.1) is 5.69 Å². The SMILES string of the molecule is Cc1oc(-c2ccccc2)nc1CCC(=O)c1ccc(Br)cc1. The molecule has 0 amide bonds. The molecule has 0 aliphatic carbocycles. The van der Waals surface area contributed by atoms with Crippen LogP contribution in [0.2, 0.25) is 0 Å². The van der Waals surface area contributed by atoms with Gasteiger partial charge in [-0.05, 0) is 31.2 Å². The lowest BCUT2D eigenvalue weighted by molar-refractivity contribution is 0.0982. The third kappa shape index (κ3) is 3.77. The van der Waals surface area contributed by atoms with E-state index in [1.54, 1.807) is 0 Å². The Morgan fingerprint density at radius 3 is 2.48 bits per heavy atom. The second-order valence-electron chi connectivity index (χ2n) is 5.32. The molecule has 0 unspecified atom stereocenters. The highest BCUT2D eigenvalue weighted by Crippen LogP contribution is 2.22. The molecular formula is C19H16BrNO2. The maximum absolute atomic E-state index is 12.2. The lowest BCUT2D eigenvalue weighted by Crippen LogP contribution is -2.02. The number of benzene rings is 2. The van der Waals surface area contributed by atoms with E-state index in [9.17, 15) is 4.79 Å². The first-order valence-electron chi connectivity index (χ1n) is 7.44. The lowest BCUT2D eigenvalue weighted by Gasteiger charge is -2.00. The van der Waals surface area contributed by atoms with Gasteiger partial charge in [0.15, 0.2) is 5.78 Å². The normalized spacial score (nSPS) is 10.7. The van der Waals surface area contributed by atoms with Gasteiger partial charge in [0.1, 0.15) is 5.76 Å². The molecule has 4 heteroatoms. The summed E-state index contributed by atoms with van der Waals surface area (Å²) in [6, 6.07) is 17.2. The molecule has 3 aromatic rings. The van der Waals surface area contributed by atoms with E-state index in [2.05, 4.69) is 20.9 Å². The Kier molecular flexibility index (Phi) is 4.72. The molecule has 0 N–H and O–H groups in total. The maximum Gasteiger partial charge on any atom is 0.226 e. The number of carbonyl (C=O) groups is 1. The first kappa shape index (κ1) is 15.7. The first-order valence-corrected chi connectivity index (χ1v) is 8.23. The number of rotatable bonds is 5. The summed E-state index contributed by atoms with van der Waals surface area (Å²) in [6.45, 7) is 1.89. The van der Waals surface area contributed by atoms with Crippen LogP contribution in [0.25, 0.3) is 11.5 Å². The van der Waals surface area contributed by atoms with E-state index in [4.69, 9.17) is 4.42 Å². The van der Waals surface area contributed by atoms with Crippen molar-refractivity contribution in [3.8, 4) is 11.5 Å². The summed E-state index contributed by atoms with van der Waals surface area (Å²) in [5.74, 6) is 1.49. The number of Topliss-reactive ketones (excluding diaryl/α,β-unsaturated/α-hetero) is 1. The van der Waals surface area contributed by atoms with Crippen LogP contribution in [0.3, 0.4) is 0 Å². The van der Waals surface area contributed by atoms with E-state index in [0.29, 0.717) is 18.7 Å². The molecule has 0 aliphatic rings. The molecule has 0 atom stereocenters. The lowest BCUT2D eigenvalue weighted by atomic mass is 10.1. The smallest absolute Gasteiger partial charge is 0.226 e. The van der Waals surface area contributed by atoms with Crippen molar-refractivity contribution in [1.29, 1.82) is 0 Å². The van der Waals surface area contributed by atoms with E-state index in [1.807, 2.05) is 61.5 Å². The van der Waals surface area contributed by atoms with E-state index in [1.165, 1.54) is 0 Å². The summed E-state index contributed by atoms with van der Waals surface area (Å²) in [7, 11) is 0. The monoisotopic (exact) mass is 369 g/mol. The van der Waals surface area contributed by atoms with Gasteiger partial charge >= 0.3 is 0 Å². The van der Waals surface area contributed by atoms with E-state index < -0.39 is 0 Å². The second-order valence-corrected chi connectivity index (χ2v) is 6.23. The highest BCUT2D eigenvalue weighted by molar-refractivity contribution is 9.10. The maximum atomic E-state index is 12.2. The zero-order valence-corrected chi connectivity index (χ0v) is 14.3. The molecule has 3 nitrogen and oxygen atoms in total. The van der Waals surface area contributed by atoms with Crippen LogP contribution in [0.4, 0.5) is 0 Å². The van der Waals surface area contributed by atoms with Crippen molar-refractivity contribution in [3.05, 3.63) is 76.1 Å². The van der Waals surface area contributed by atoms with Gasteiger partial charge in [0.25, 0.3) is 0 Å². The molecule has 3 rings (SSSR count). The minimum absolute atomic E-state index is 0.112. The zero-order valence-electron chi connectivity index (χ0n) is 12.8. The molecule has 0 bridgehead atoms. The fourth-order valence-corrected chi connectivity index (χ4v) is 2.64. The van der Waals surface area contributed by atoms with Crippen molar-refractivity contribution < 1.29 is 9.21 Å². The van der Waals surface area contributed by atoms with Crippen molar-refractivity contribution >= 4 is 21.7 Å². The summed E-state index contributed by atoms with van der Waals surface area (Å²) >= 11 is 3.37. The summed E-state index contributed by atoms with van der Waals surface area (Å²) in [5, 5.41) is 0. The van der Waals surface area contributed by atoms with Gasteiger partial charge in [-0.15, -0.1) is 0 Å².